The van der Waals surface area contributed by atoms with E-state index in [1.54, 1.807) is 7.11 Å². The number of aliphatic imine (C=N–C) groups is 1. The minimum absolute atomic E-state index is 0.292. The van der Waals surface area contributed by atoms with Crippen LogP contribution >= 0.6 is 0 Å². The van der Waals surface area contributed by atoms with E-state index < -0.39 is 0 Å². The largest absolute Gasteiger partial charge is 0.496 e. The van der Waals surface area contributed by atoms with Crippen LogP contribution in [0.15, 0.2) is 17.1 Å². The summed E-state index contributed by atoms with van der Waals surface area (Å²) in [5, 5.41) is 0. The van der Waals surface area contributed by atoms with E-state index in [1.165, 1.54) is 12.1 Å². The van der Waals surface area contributed by atoms with E-state index in [4.69, 9.17) is 4.74 Å². The van der Waals surface area contributed by atoms with Crippen molar-refractivity contribution in [1.82, 2.24) is 0 Å². The fourth-order valence-electron chi connectivity index (χ4n) is 1.77. The van der Waals surface area contributed by atoms with E-state index in [9.17, 15) is 4.39 Å². The zero-order chi connectivity index (χ0) is 11.0. The summed E-state index contributed by atoms with van der Waals surface area (Å²) in [7, 11) is 1.56. The highest BCUT2D eigenvalue weighted by atomic mass is 19.1. The first-order chi connectivity index (χ1) is 7.11. The van der Waals surface area contributed by atoms with Gasteiger partial charge in [-0.2, -0.15) is 0 Å². The van der Waals surface area contributed by atoms with Crippen molar-refractivity contribution in [1.29, 1.82) is 0 Å². The molecule has 80 valence electrons. The third-order valence-corrected chi connectivity index (χ3v) is 2.66. The minimum atomic E-state index is -0.292. The summed E-state index contributed by atoms with van der Waals surface area (Å²) >= 11 is 0. The van der Waals surface area contributed by atoms with Crippen molar-refractivity contribution < 1.29 is 9.13 Å². The van der Waals surface area contributed by atoms with E-state index in [0.29, 0.717) is 11.7 Å². The maximum Gasteiger partial charge on any atom is 0.129 e. The number of rotatable bonds is 2. The van der Waals surface area contributed by atoms with Gasteiger partial charge in [0.15, 0.2) is 0 Å². The summed E-state index contributed by atoms with van der Waals surface area (Å²) in [6.07, 6.45) is 0.774. The number of hydrogen-bond acceptors (Lipinski definition) is 2. The second kappa shape index (κ2) is 3.65. The van der Waals surface area contributed by atoms with Crippen LogP contribution in [0.5, 0.6) is 5.75 Å². The molecule has 1 aromatic carbocycles. The van der Waals surface area contributed by atoms with E-state index in [-0.39, 0.29) is 5.82 Å². The summed E-state index contributed by atoms with van der Waals surface area (Å²) in [6.45, 7) is 4.18. The molecule has 1 aromatic rings. The maximum absolute atomic E-state index is 13.2. The molecule has 1 aliphatic rings. The Hall–Kier alpha value is -1.38. The van der Waals surface area contributed by atoms with Crippen LogP contribution in [0, 0.1) is 11.7 Å². The predicted octanol–water partition coefficient (Wildman–Crippen LogP) is 3.12. The summed E-state index contributed by atoms with van der Waals surface area (Å²) in [6, 6.07) is 2.88. The standard InChI is InChI=1S/C12H14FNO/c1-7(2)10-6-9-11(14-10)4-8(13)5-12(9)15-3/h4-5,7H,6H2,1-3H3. The Balaban J connectivity index is 2.45. The molecular formula is C12H14FNO. The SMILES string of the molecule is COc1cc(F)cc2c1CC(C(C)C)=N2. The van der Waals surface area contributed by atoms with Gasteiger partial charge in [0.25, 0.3) is 0 Å². The van der Waals surface area contributed by atoms with E-state index in [0.717, 1.165) is 23.4 Å². The molecular weight excluding hydrogens is 193 g/mol. The monoisotopic (exact) mass is 207 g/mol. The van der Waals surface area contributed by atoms with Gasteiger partial charge in [0.05, 0.1) is 12.8 Å². The van der Waals surface area contributed by atoms with Crippen LogP contribution < -0.4 is 4.74 Å². The van der Waals surface area contributed by atoms with Crippen molar-refractivity contribution in [3.8, 4) is 5.75 Å². The van der Waals surface area contributed by atoms with Crippen LogP contribution in [0.25, 0.3) is 0 Å². The number of halogens is 1. The normalized spacial score (nSPS) is 14.1. The second-order valence-electron chi connectivity index (χ2n) is 4.04. The Morgan fingerprint density at radius 2 is 2.13 bits per heavy atom. The molecule has 3 heteroatoms. The lowest BCUT2D eigenvalue weighted by atomic mass is 10.0. The molecule has 0 saturated carbocycles. The van der Waals surface area contributed by atoms with Gasteiger partial charge in [-0.1, -0.05) is 13.8 Å². The fourth-order valence-corrected chi connectivity index (χ4v) is 1.77. The van der Waals surface area contributed by atoms with Crippen molar-refractivity contribution in [3.63, 3.8) is 0 Å². The molecule has 1 heterocycles. The Morgan fingerprint density at radius 3 is 2.73 bits per heavy atom. The fraction of sp³-hybridized carbons (Fsp3) is 0.417. The predicted molar refractivity (Wildman–Crippen MR) is 58.6 cm³/mol. The lowest BCUT2D eigenvalue weighted by Gasteiger charge is -2.06. The van der Waals surface area contributed by atoms with Gasteiger partial charge in [0.2, 0.25) is 0 Å². The first-order valence-electron chi connectivity index (χ1n) is 5.05. The number of fused-ring (bicyclic) bond motifs is 1. The first kappa shape index (κ1) is 10.1. The Kier molecular flexibility index (Phi) is 2.47. The van der Waals surface area contributed by atoms with Gasteiger partial charge in [-0.05, 0) is 5.92 Å². The highest BCUT2D eigenvalue weighted by Gasteiger charge is 2.21. The summed E-state index contributed by atoms with van der Waals surface area (Å²) in [5.74, 6) is 0.703. The van der Waals surface area contributed by atoms with Crippen LogP contribution in [0.1, 0.15) is 19.4 Å². The van der Waals surface area contributed by atoms with Gasteiger partial charge < -0.3 is 4.74 Å². The Bertz CT molecular complexity index is 424. The summed E-state index contributed by atoms with van der Waals surface area (Å²) in [4.78, 5) is 4.42. The molecule has 0 atom stereocenters. The van der Waals surface area contributed by atoms with Crippen LogP contribution in [-0.4, -0.2) is 12.8 Å². The minimum Gasteiger partial charge on any atom is -0.496 e. The first-order valence-corrected chi connectivity index (χ1v) is 5.05. The zero-order valence-corrected chi connectivity index (χ0v) is 9.17. The Labute approximate surface area is 88.8 Å². The van der Waals surface area contributed by atoms with Crippen molar-refractivity contribution in [2.24, 2.45) is 10.9 Å². The van der Waals surface area contributed by atoms with Gasteiger partial charge in [-0.25, -0.2) is 4.39 Å². The quantitative estimate of drug-likeness (QED) is 0.730. The van der Waals surface area contributed by atoms with Crippen LogP contribution in [0.4, 0.5) is 10.1 Å². The van der Waals surface area contributed by atoms with Crippen LogP contribution in [0.2, 0.25) is 0 Å². The average Bonchev–Trinajstić information content (AvgIpc) is 2.59. The smallest absolute Gasteiger partial charge is 0.129 e. The van der Waals surface area contributed by atoms with E-state index >= 15 is 0 Å². The molecule has 0 N–H and O–H groups in total. The molecule has 0 aliphatic carbocycles. The third-order valence-electron chi connectivity index (χ3n) is 2.66. The summed E-state index contributed by atoms with van der Waals surface area (Å²) < 4.78 is 18.3. The van der Waals surface area contributed by atoms with Gasteiger partial charge in [0.1, 0.15) is 11.6 Å². The second-order valence-corrected chi connectivity index (χ2v) is 4.04. The lowest BCUT2D eigenvalue weighted by molar-refractivity contribution is 0.408. The zero-order valence-electron chi connectivity index (χ0n) is 9.17. The molecule has 0 fully saturated rings. The molecule has 2 rings (SSSR count). The maximum atomic E-state index is 13.2. The topological polar surface area (TPSA) is 21.6 Å². The van der Waals surface area contributed by atoms with Crippen molar-refractivity contribution >= 4 is 11.4 Å². The van der Waals surface area contributed by atoms with Crippen molar-refractivity contribution in [2.75, 3.05) is 7.11 Å². The van der Waals surface area contributed by atoms with Crippen molar-refractivity contribution in [2.45, 2.75) is 20.3 Å². The van der Waals surface area contributed by atoms with Gasteiger partial charge in [0, 0.05) is 29.8 Å². The number of nitrogens with zero attached hydrogens (tertiary/aromatic N) is 1. The van der Waals surface area contributed by atoms with Gasteiger partial charge in [-0.3, -0.25) is 4.99 Å². The highest BCUT2D eigenvalue weighted by Crippen LogP contribution is 2.36. The molecule has 1 aliphatic heterocycles. The molecule has 0 radical (unpaired) electrons. The van der Waals surface area contributed by atoms with Gasteiger partial charge in [-0.15, -0.1) is 0 Å². The number of ether oxygens (including phenoxy) is 1. The molecule has 0 saturated heterocycles. The molecule has 0 spiro atoms. The lowest BCUT2D eigenvalue weighted by Crippen LogP contribution is -2.06. The Morgan fingerprint density at radius 1 is 1.40 bits per heavy atom. The van der Waals surface area contributed by atoms with Crippen LogP contribution in [-0.2, 0) is 6.42 Å². The highest BCUT2D eigenvalue weighted by molar-refractivity contribution is 5.96. The van der Waals surface area contributed by atoms with Crippen molar-refractivity contribution in [3.05, 3.63) is 23.5 Å². The molecule has 2 nitrogen and oxygen atoms in total. The number of methoxy groups -OCH3 is 1. The third kappa shape index (κ3) is 1.74. The average molecular weight is 207 g/mol. The molecule has 0 amide bonds. The van der Waals surface area contributed by atoms with E-state index in [2.05, 4.69) is 18.8 Å². The number of benzene rings is 1. The molecule has 15 heavy (non-hydrogen) atoms. The molecule has 0 aromatic heterocycles. The molecule has 0 unspecified atom stereocenters. The molecule has 0 bridgehead atoms. The van der Waals surface area contributed by atoms with Crippen LogP contribution in [0.3, 0.4) is 0 Å². The summed E-state index contributed by atoms with van der Waals surface area (Å²) in [5.41, 5.74) is 2.81. The number of hydrogen-bond donors (Lipinski definition) is 0. The van der Waals surface area contributed by atoms with Gasteiger partial charge >= 0.3 is 0 Å². The van der Waals surface area contributed by atoms with E-state index in [1.807, 2.05) is 0 Å².